The first-order valence-electron chi connectivity index (χ1n) is 6.21. The Bertz CT molecular complexity index is 386. The molecule has 0 saturated carbocycles. The van der Waals surface area contributed by atoms with Gasteiger partial charge in [-0.3, -0.25) is 0 Å². The van der Waals surface area contributed by atoms with E-state index in [1.54, 1.807) is 20.0 Å². The summed E-state index contributed by atoms with van der Waals surface area (Å²) in [6.07, 6.45) is 4.14. The molecule has 0 aliphatic carbocycles. The van der Waals surface area contributed by atoms with Crippen molar-refractivity contribution in [3.63, 3.8) is 0 Å². The summed E-state index contributed by atoms with van der Waals surface area (Å²) in [4.78, 5) is 11.0. The highest BCUT2D eigenvalue weighted by Crippen LogP contribution is 2.25. The Labute approximate surface area is 103 Å². The first kappa shape index (κ1) is 12.5. The summed E-state index contributed by atoms with van der Waals surface area (Å²) in [5.41, 5.74) is 0.0972. The normalized spacial score (nSPS) is 22.7. The predicted molar refractivity (Wildman–Crippen MR) is 66.7 cm³/mol. The molecule has 1 atom stereocenters. The van der Waals surface area contributed by atoms with Crippen LogP contribution in [0.1, 0.15) is 44.1 Å². The van der Waals surface area contributed by atoms with Gasteiger partial charge in [-0.2, -0.15) is 0 Å². The van der Waals surface area contributed by atoms with E-state index in [1.165, 1.54) is 19.4 Å². The highest BCUT2D eigenvalue weighted by molar-refractivity contribution is 5.12. The molecule has 0 radical (unpaired) electrons. The highest BCUT2D eigenvalue weighted by Gasteiger charge is 2.24. The van der Waals surface area contributed by atoms with Crippen LogP contribution < -0.4 is 0 Å². The van der Waals surface area contributed by atoms with E-state index < -0.39 is 5.60 Å². The second-order valence-corrected chi connectivity index (χ2v) is 5.47. The minimum Gasteiger partial charge on any atom is -0.382 e. The van der Waals surface area contributed by atoms with Crippen LogP contribution in [0.4, 0.5) is 0 Å². The molecule has 1 aliphatic heterocycles. The molecule has 17 heavy (non-hydrogen) atoms. The standard InChI is InChI=1S/C13H21N3O/c1-13(2,17)12-14-7-6-11(15-12)10-5-4-8-16(3)9-10/h6-7,10,17H,4-5,8-9H2,1-3H3. The molecular weight excluding hydrogens is 214 g/mol. The molecule has 1 N–H and O–H groups in total. The maximum atomic E-state index is 9.93. The smallest absolute Gasteiger partial charge is 0.159 e. The molecule has 0 spiro atoms. The largest absolute Gasteiger partial charge is 0.382 e. The fraction of sp³-hybridized carbons (Fsp3) is 0.692. The summed E-state index contributed by atoms with van der Waals surface area (Å²) in [5, 5.41) is 9.93. The van der Waals surface area contributed by atoms with Crippen LogP contribution in [0, 0.1) is 0 Å². The third-order valence-electron chi connectivity index (χ3n) is 3.27. The van der Waals surface area contributed by atoms with Gasteiger partial charge in [-0.05, 0) is 46.3 Å². The molecular formula is C13H21N3O. The number of aromatic nitrogens is 2. The van der Waals surface area contributed by atoms with Gasteiger partial charge in [-0.1, -0.05) is 0 Å². The third kappa shape index (κ3) is 3.01. The van der Waals surface area contributed by atoms with Crippen LogP contribution in [-0.2, 0) is 5.60 Å². The van der Waals surface area contributed by atoms with Gasteiger partial charge >= 0.3 is 0 Å². The number of likely N-dealkylation sites (tertiary alicyclic amines) is 1. The van der Waals surface area contributed by atoms with E-state index in [9.17, 15) is 5.11 Å². The van der Waals surface area contributed by atoms with Crippen LogP contribution in [0.2, 0.25) is 0 Å². The van der Waals surface area contributed by atoms with Crippen LogP contribution in [0.25, 0.3) is 0 Å². The van der Waals surface area contributed by atoms with Crippen molar-refractivity contribution in [3.8, 4) is 0 Å². The molecule has 94 valence electrons. The summed E-state index contributed by atoms with van der Waals surface area (Å²) < 4.78 is 0. The number of rotatable bonds is 2. The van der Waals surface area contributed by atoms with Crippen LogP contribution in [0.5, 0.6) is 0 Å². The zero-order valence-electron chi connectivity index (χ0n) is 10.8. The number of piperidine rings is 1. The summed E-state index contributed by atoms with van der Waals surface area (Å²) in [6, 6.07) is 1.97. The van der Waals surface area contributed by atoms with Gasteiger partial charge in [0, 0.05) is 24.4 Å². The third-order valence-corrected chi connectivity index (χ3v) is 3.27. The average molecular weight is 235 g/mol. The van der Waals surface area contributed by atoms with Gasteiger partial charge < -0.3 is 10.0 Å². The number of aliphatic hydroxyl groups is 1. The molecule has 0 aromatic carbocycles. The summed E-state index contributed by atoms with van der Waals surface area (Å²) >= 11 is 0. The molecule has 1 aromatic heterocycles. The molecule has 2 heterocycles. The summed E-state index contributed by atoms with van der Waals surface area (Å²) in [7, 11) is 2.14. The second kappa shape index (κ2) is 4.70. The fourth-order valence-electron chi connectivity index (χ4n) is 2.30. The van der Waals surface area contributed by atoms with Gasteiger partial charge in [0.05, 0.1) is 0 Å². The minimum absolute atomic E-state index is 0.470. The second-order valence-electron chi connectivity index (χ2n) is 5.47. The van der Waals surface area contributed by atoms with Crippen molar-refractivity contribution < 1.29 is 5.11 Å². The highest BCUT2D eigenvalue weighted by atomic mass is 16.3. The topological polar surface area (TPSA) is 49.2 Å². The minimum atomic E-state index is -0.962. The van der Waals surface area contributed by atoms with Crippen LogP contribution in [-0.4, -0.2) is 40.1 Å². The van der Waals surface area contributed by atoms with E-state index in [4.69, 9.17) is 0 Å². The van der Waals surface area contributed by atoms with Crippen LogP contribution >= 0.6 is 0 Å². The van der Waals surface area contributed by atoms with E-state index in [-0.39, 0.29) is 0 Å². The van der Waals surface area contributed by atoms with Crippen molar-refractivity contribution in [2.45, 2.75) is 38.2 Å². The van der Waals surface area contributed by atoms with E-state index in [1.807, 2.05) is 6.07 Å². The van der Waals surface area contributed by atoms with Crippen molar-refractivity contribution >= 4 is 0 Å². The quantitative estimate of drug-likeness (QED) is 0.844. The average Bonchev–Trinajstić information content (AvgIpc) is 2.28. The van der Waals surface area contributed by atoms with Crippen molar-refractivity contribution in [2.75, 3.05) is 20.1 Å². The first-order valence-corrected chi connectivity index (χ1v) is 6.21. The summed E-state index contributed by atoms with van der Waals surface area (Å²) in [5.74, 6) is 0.987. The Kier molecular flexibility index (Phi) is 3.45. The monoisotopic (exact) mass is 235 g/mol. The lowest BCUT2D eigenvalue weighted by Gasteiger charge is -2.29. The van der Waals surface area contributed by atoms with E-state index in [0.717, 1.165) is 12.2 Å². The molecule has 0 bridgehead atoms. The molecule has 1 unspecified atom stereocenters. The van der Waals surface area contributed by atoms with Gasteiger partial charge in [0.15, 0.2) is 5.82 Å². The molecule has 1 saturated heterocycles. The number of hydrogen-bond donors (Lipinski definition) is 1. The zero-order chi connectivity index (χ0) is 12.5. The lowest BCUT2D eigenvalue weighted by Crippen LogP contribution is -2.31. The number of hydrogen-bond acceptors (Lipinski definition) is 4. The Balaban J connectivity index is 2.21. The molecule has 4 nitrogen and oxygen atoms in total. The van der Waals surface area contributed by atoms with E-state index in [2.05, 4.69) is 21.9 Å². The lowest BCUT2D eigenvalue weighted by molar-refractivity contribution is 0.0682. The van der Waals surface area contributed by atoms with Crippen LogP contribution in [0.3, 0.4) is 0 Å². The Morgan fingerprint density at radius 1 is 1.47 bits per heavy atom. The Morgan fingerprint density at radius 2 is 2.24 bits per heavy atom. The predicted octanol–water partition coefficient (Wildman–Crippen LogP) is 1.51. The molecule has 1 aliphatic rings. The lowest BCUT2D eigenvalue weighted by atomic mass is 9.94. The van der Waals surface area contributed by atoms with Gasteiger partial charge in [0.1, 0.15) is 5.60 Å². The zero-order valence-corrected chi connectivity index (χ0v) is 10.8. The van der Waals surface area contributed by atoms with E-state index in [0.29, 0.717) is 11.7 Å². The fourth-order valence-corrected chi connectivity index (χ4v) is 2.30. The van der Waals surface area contributed by atoms with E-state index >= 15 is 0 Å². The molecule has 4 heteroatoms. The maximum absolute atomic E-state index is 9.93. The number of nitrogens with zero attached hydrogens (tertiary/aromatic N) is 3. The van der Waals surface area contributed by atoms with Crippen molar-refractivity contribution in [1.82, 2.24) is 14.9 Å². The first-order chi connectivity index (χ1) is 7.97. The number of likely N-dealkylation sites (N-methyl/N-ethyl adjacent to an activating group) is 1. The Hall–Kier alpha value is -1.00. The molecule has 1 aromatic rings. The molecule has 0 amide bonds. The maximum Gasteiger partial charge on any atom is 0.159 e. The molecule has 1 fully saturated rings. The molecule has 2 rings (SSSR count). The Morgan fingerprint density at radius 3 is 2.88 bits per heavy atom. The van der Waals surface area contributed by atoms with Crippen LogP contribution in [0.15, 0.2) is 12.3 Å². The van der Waals surface area contributed by atoms with Gasteiger partial charge in [-0.25, -0.2) is 9.97 Å². The van der Waals surface area contributed by atoms with Gasteiger partial charge in [0.2, 0.25) is 0 Å². The van der Waals surface area contributed by atoms with Crippen molar-refractivity contribution in [3.05, 3.63) is 23.8 Å². The van der Waals surface area contributed by atoms with Crippen molar-refractivity contribution in [1.29, 1.82) is 0 Å². The van der Waals surface area contributed by atoms with Crippen molar-refractivity contribution in [2.24, 2.45) is 0 Å². The van der Waals surface area contributed by atoms with Gasteiger partial charge in [0.25, 0.3) is 0 Å². The summed E-state index contributed by atoms with van der Waals surface area (Å²) in [6.45, 7) is 5.65. The van der Waals surface area contributed by atoms with Gasteiger partial charge in [-0.15, -0.1) is 0 Å². The SMILES string of the molecule is CN1CCCC(c2ccnc(C(C)(C)O)n2)C1.